The first-order chi connectivity index (χ1) is 16.4. The largest absolute Gasteiger partial charge is 0.372 e. The minimum absolute atomic E-state index is 0.00838. The predicted octanol–water partition coefficient (Wildman–Crippen LogP) is 5.83. The normalized spacial score (nSPS) is 15.6. The fraction of sp³-hybridized carbons (Fsp3) is 0.296. The van der Waals surface area contributed by atoms with Crippen LogP contribution in [0.5, 0.6) is 0 Å². The number of hydrogen-bond acceptors (Lipinski definition) is 6. The van der Waals surface area contributed by atoms with E-state index in [0.29, 0.717) is 28.6 Å². The van der Waals surface area contributed by atoms with Crippen LogP contribution in [0.15, 0.2) is 64.5 Å². The summed E-state index contributed by atoms with van der Waals surface area (Å²) in [5.74, 6) is 0.584. The summed E-state index contributed by atoms with van der Waals surface area (Å²) >= 11 is 2.84. The lowest BCUT2D eigenvalue weighted by atomic mass is 9.96. The molecule has 0 amide bonds. The molecule has 5 nitrogen and oxygen atoms in total. The van der Waals surface area contributed by atoms with E-state index in [9.17, 15) is 9.59 Å². The third-order valence-electron chi connectivity index (χ3n) is 6.18. The molecule has 0 saturated heterocycles. The number of carbonyl (C=O) groups is 1. The van der Waals surface area contributed by atoms with Gasteiger partial charge in [-0.1, -0.05) is 73.6 Å². The number of Topliss-reactive ketones (excluding diaryl/α,β-unsaturated/α-hetero) is 1. The van der Waals surface area contributed by atoms with Crippen LogP contribution in [-0.4, -0.2) is 27.2 Å². The van der Waals surface area contributed by atoms with E-state index >= 15 is 0 Å². The minimum atomic E-state index is -0.0783. The number of fused-ring (bicyclic) bond motifs is 3. The molecule has 1 aliphatic heterocycles. The van der Waals surface area contributed by atoms with Crippen molar-refractivity contribution in [2.45, 2.75) is 45.1 Å². The molecular formula is C27H26N2O3S2. The van der Waals surface area contributed by atoms with Gasteiger partial charge in [0.25, 0.3) is 5.56 Å². The molecule has 0 radical (unpaired) electrons. The maximum absolute atomic E-state index is 13.9. The van der Waals surface area contributed by atoms with E-state index in [1.807, 2.05) is 61.5 Å². The Kier molecular flexibility index (Phi) is 6.42. The molecule has 1 atom stereocenters. The lowest BCUT2D eigenvalue weighted by Crippen LogP contribution is -2.28. The van der Waals surface area contributed by atoms with Gasteiger partial charge in [-0.15, -0.1) is 11.3 Å². The zero-order valence-electron chi connectivity index (χ0n) is 19.4. The van der Waals surface area contributed by atoms with Gasteiger partial charge in [0.1, 0.15) is 4.83 Å². The number of ketones is 1. The Hall–Kier alpha value is -2.74. The first-order valence-electron chi connectivity index (χ1n) is 11.4. The van der Waals surface area contributed by atoms with E-state index in [1.165, 1.54) is 23.1 Å². The highest BCUT2D eigenvalue weighted by Crippen LogP contribution is 2.36. The van der Waals surface area contributed by atoms with Gasteiger partial charge in [-0.25, -0.2) is 4.98 Å². The third kappa shape index (κ3) is 4.35. The summed E-state index contributed by atoms with van der Waals surface area (Å²) < 4.78 is 7.71. The van der Waals surface area contributed by atoms with E-state index in [0.717, 1.165) is 32.9 Å². The van der Waals surface area contributed by atoms with Crippen LogP contribution in [0.3, 0.4) is 0 Å². The fourth-order valence-electron chi connectivity index (χ4n) is 4.19. The Morgan fingerprint density at radius 2 is 1.91 bits per heavy atom. The quantitative estimate of drug-likeness (QED) is 0.193. The molecule has 0 N–H and O–H groups in total. The number of thioether (sulfide) groups is 1. The van der Waals surface area contributed by atoms with E-state index < -0.39 is 0 Å². The summed E-state index contributed by atoms with van der Waals surface area (Å²) in [5.41, 5.74) is 3.52. The molecule has 5 rings (SSSR count). The minimum Gasteiger partial charge on any atom is -0.372 e. The fourth-order valence-corrected chi connectivity index (χ4v) is 6.26. The van der Waals surface area contributed by atoms with Gasteiger partial charge in [0.15, 0.2) is 10.9 Å². The maximum atomic E-state index is 13.9. The Bertz CT molecular complexity index is 1410. The molecule has 34 heavy (non-hydrogen) atoms. The molecule has 4 aromatic rings. The molecule has 174 valence electrons. The Balaban J connectivity index is 1.61. The molecule has 1 aliphatic rings. The second-order valence-corrected chi connectivity index (χ2v) is 11.0. The van der Waals surface area contributed by atoms with Gasteiger partial charge in [-0.2, -0.15) is 0 Å². The molecule has 0 saturated carbocycles. The SMILES string of the molecule is Cc1ccc(-n2c(SCC(=O)c3ccccc3)nc3sc4c(c3c2=O)C[C@H](C(C)C)OC4)cc1. The topological polar surface area (TPSA) is 61.2 Å². The number of rotatable bonds is 6. The monoisotopic (exact) mass is 490 g/mol. The van der Waals surface area contributed by atoms with Crippen LogP contribution >= 0.6 is 23.1 Å². The van der Waals surface area contributed by atoms with Crippen LogP contribution in [0.2, 0.25) is 0 Å². The van der Waals surface area contributed by atoms with Crippen molar-refractivity contribution in [3.63, 3.8) is 0 Å². The van der Waals surface area contributed by atoms with Gasteiger partial charge in [-0.05, 0) is 30.5 Å². The summed E-state index contributed by atoms with van der Waals surface area (Å²) in [6, 6.07) is 17.1. The summed E-state index contributed by atoms with van der Waals surface area (Å²) in [7, 11) is 0. The van der Waals surface area contributed by atoms with Gasteiger partial charge in [0.2, 0.25) is 0 Å². The Morgan fingerprint density at radius 1 is 1.18 bits per heavy atom. The molecule has 0 spiro atoms. The number of carbonyl (C=O) groups excluding carboxylic acids is 1. The molecule has 0 fully saturated rings. The molecular weight excluding hydrogens is 464 g/mol. The molecule has 2 aromatic carbocycles. The van der Waals surface area contributed by atoms with Crippen molar-refractivity contribution in [1.82, 2.24) is 9.55 Å². The van der Waals surface area contributed by atoms with Crippen molar-refractivity contribution >= 4 is 39.1 Å². The highest BCUT2D eigenvalue weighted by atomic mass is 32.2. The van der Waals surface area contributed by atoms with Crippen LogP contribution in [0.4, 0.5) is 0 Å². The number of aryl methyl sites for hydroxylation is 1. The molecule has 3 heterocycles. The van der Waals surface area contributed by atoms with Crippen molar-refractivity contribution in [1.29, 1.82) is 0 Å². The van der Waals surface area contributed by atoms with Crippen LogP contribution in [0.25, 0.3) is 15.9 Å². The van der Waals surface area contributed by atoms with Crippen molar-refractivity contribution < 1.29 is 9.53 Å². The lowest BCUT2D eigenvalue weighted by molar-refractivity contribution is 0.00200. The number of hydrogen-bond donors (Lipinski definition) is 0. The second-order valence-electron chi connectivity index (χ2n) is 8.93. The first-order valence-corrected chi connectivity index (χ1v) is 13.2. The molecule has 0 bridgehead atoms. The zero-order valence-corrected chi connectivity index (χ0v) is 21.0. The highest BCUT2D eigenvalue weighted by Gasteiger charge is 2.29. The second kappa shape index (κ2) is 9.49. The number of benzene rings is 2. The van der Waals surface area contributed by atoms with Crippen molar-refractivity contribution in [3.8, 4) is 5.69 Å². The highest BCUT2D eigenvalue weighted by molar-refractivity contribution is 7.99. The summed E-state index contributed by atoms with van der Waals surface area (Å²) in [6.07, 6.45) is 0.812. The van der Waals surface area contributed by atoms with Crippen molar-refractivity contribution in [2.75, 3.05) is 5.75 Å². The van der Waals surface area contributed by atoms with Gasteiger partial charge >= 0.3 is 0 Å². The van der Waals surface area contributed by atoms with Crippen LogP contribution in [-0.2, 0) is 17.8 Å². The molecule has 0 unspecified atom stereocenters. The Labute approximate surface area is 206 Å². The third-order valence-corrected chi connectivity index (χ3v) is 8.21. The van der Waals surface area contributed by atoms with Gasteiger partial charge in [0.05, 0.1) is 29.5 Å². The molecule has 7 heteroatoms. The van der Waals surface area contributed by atoms with Gasteiger partial charge < -0.3 is 4.74 Å². The number of aromatic nitrogens is 2. The zero-order chi connectivity index (χ0) is 23.8. The van der Waals surface area contributed by atoms with Crippen LogP contribution < -0.4 is 5.56 Å². The smallest absolute Gasteiger partial charge is 0.267 e. The number of ether oxygens (including phenoxy) is 1. The maximum Gasteiger partial charge on any atom is 0.267 e. The number of nitrogens with zero attached hydrogens (tertiary/aromatic N) is 2. The van der Waals surface area contributed by atoms with Crippen molar-refractivity contribution in [3.05, 3.63) is 86.5 Å². The first kappa shape index (κ1) is 23.0. The van der Waals surface area contributed by atoms with E-state index in [4.69, 9.17) is 9.72 Å². The van der Waals surface area contributed by atoms with Gasteiger partial charge in [0, 0.05) is 16.9 Å². The number of thiophene rings is 1. The summed E-state index contributed by atoms with van der Waals surface area (Å²) in [5, 5.41) is 1.22. The van der Waals surface area contributed by atoms with Crippen molar-refractivity contribution in [2.24, 2.45) is 5.92 Å². The predicted molar refractivity (Wildman–Crippen MR) is 139 cm³/mol. The van der Waals surface area contributed by atoms with Crippen LogP contribution in [0, 0.1) is 12.8 Å². The lowest BCUT2D eigenvalue weighted by Gasteiger charge is -2.26. The Morgan fingerprint density at radius 3 is 2.62 bits per heavy atom. The average Bonchev–Trinajstić information content (AvgIpc) is 3.21. The average molecular weight is 491 g/mol. The molecule has 2 aromatic heterocycles. The van der Waals surface area contributed by atoms with E-state index in [1.54, 1.807) is 4.57 Å². The van der Waals surface area contributed by atoms with E-state index in [-0.39, 0.29) is 23.2 Å². The standard InChI is InChI=1S/C27H26N2O3S2/c1-16(2)22-13-20-23(14-32-22)34-25-24(20)26(31)29(19-11-9-17(3)10-12-19)27(28-25)33-15-21(30)18-7-5-4-6-8-18/h4-12,16,22H,13-15H2,1-3H3/t22-/m1/s1. The summed E-state index contributed by atoms with van der Waals surface area (Å²) in [6.45, 7) is 6.82. The van der Waals surface area contributed by atoms with Gasteiger partial charge in [-0.3, -0.25) is 14.2 Å². The van der Waals surface area contributed by atoms with Crippen LogP contribution in [0.1, 0.15) is 40.2 Å². The van der Waals surface area contributed by atoms with E-state index in [2.05, 4.69) is 13.8 Å². The summed E-state index contributed by atoms with van der Waals surface area (Å²) in [4.78, 5) is 33.4. The molecule has 0 aliphatic carbocycles.